The van der Waals surface area contributed by atoms with E-state index in [0.29, 0.717) is 0 Å². The Morgan fingerprint density at radius 1 is 0.700 bits per heavy atom. The predicted octanol–water partition coefficient (Wildman–Crippen LogP) is 3.25. The van der Waals surface area contributed by atoms with Crippen LogP contribution < -0.4 is 11.5 Å². The molecule has 2 aliphatic carbocycles. The highest BCUT2D eigenvalue weighted by molar-refractivity contribution is 5.74. The lowest BCUT2D eigenvalue weighted by Gasteiger charge is -2.14. The first-order valence-electron chi connectivity index (χ1n) is 7.51. The van der Waals surface area contributed by atoms with Crippen LogP contribution in [0.5, 0.6) is 0 Å². The van der Waals surface area contributed by atoms with Crippen LogP contribution in [0.4, 0.5) is 0 Å². The fraction of sp³-hybridized carbons (Fsp3) is 0.333. The molecule has 0 aliphatic heterocycles. The maximum absolute atomic E-state index is 6.21. The molecular weight excluding hydrogens is 244 g/mol. The molecule has 0 saturated carbocycles. The van der Waals surface area contributed by atoms with Gasteiger partial charge in [0.15, 0.2) is 0 Å². The smallest absolute Gasteiger partial charge is 0.0300 e. The molecule has 2 nitrogen and oxygen atoms in total. The van der Waals surface area contributed by atoms with Crippen molar-refractivity contribution in [3.63, 3.8) is 0 Å². The molecule has 2 unspecified atom stereocenters. The number of hydrogen-bond donors (Lipinski definition) is 2. The van der Waals surface area contributed by atoms with Crippen LogP contribution in [0.25, 0.3) is 11.1 Å². The van der Waals surface area contributed by atoms with E-state index in [1.807, 2.05) is 0 Å². The van der Waals surface area contributed by atoms with Gasteiger partial charge in [-0.3, -0.25) is 0 Å². The maximum atomic E-state index is 6.21. The van der Waals surface area contributed by atoms with Gasteiger partial charge >= 0.3 is 0 Å². The van der Waals surface area contributed by atoms with Gasteiger partial charge in [0.05, 0.1) is 0 Å². The minimum absolute atomic E-state index is 0.212. The van der Waals surface area contributed by atoms with Crippen LogP contribution in [-0.2, 0) is 12.8 Å². The number of rotatable bonds is 1. The fourth-order valence-corrected chi connectivity index (χ4v) is 3.88. The summed E-state index contributed by atoms with van der Waals surface area (Å²) in [5.41, 5.74) is 20.7. The van der Waals surface area contributed by atoms with E-state index in [0.717, 1.165) is 25.7 Å². The number of benzene rings is 2. The topological polar surface area (TPSA) is 52.0 Å². The molecule has 0 aromatic heterocycles. The van der Waals surface area contributed by atoms with Crippen LogP contribution in [0, 0.1) is 0 Å². The van der Waals surface area contributed by atoms with Crippen molar-refractivity contribution in [2.45, 2.75) is 37.8 Å². The Morgan fingerprint density at radius 3 is 1.60 bits per heavy atom. The van der Waals surface area contributed by atoms with Crippen LogP contribution in [-0.4, -0.2) is 0 Å². The Morgan fingerprint density at radius 2 is 1.15 bits per heavy atom. The van der Waals surface area contributed by atoms with E-state index in [2.05, 4.69) is 36.4 Å². The zero-order valence-corrected chi connectivity index (χ0v) is 11.6. The monoisotopic (exact) mass is 264 g/mol. The quantitative estimate of drug-likeness (QED) is 0.830. The Balaban J connectivity index is 1.92. The summed E-state index contributed by atoms with van der Waals surface area (Å²) in [5, 5.41) is 0. The van der Waals surface area contributed by atoms with Crippen molar-refractivity contribution in [1.82, 2.24) is 0 Å². The molecule has 2 aromatic rings. The highest BCUT2D eigenvalue weighted by atomic mass is 14.7. The van der Waals surface area contributed by atoms with Crippen LogP contribution in [0.15, 0.2) is 36.4 Å². The second-order valence-corrected chi connectivity index (χ2v) is 6.04. The highest BCUT2D eigenvalue weighted by Gasteiger charge is 2.26. The number of nitrogens with two attached hydrogens (primary N) is 2. The van der Waals surface area contributed by atoms with E-state index in [-0.39, 0.29) is 12.1 Å². The van der Waals surface area contributed by atoms with Gasteiger partial charge < -0.3 is 11.5 Å². The van der Waals surface area contributed by atoms with Crippen LogP contribution in [0.1, 0.15) is 47.2 Å². The summed E-state index contributed by atoms with van der Waals surface area (Å²) >= 11 is 0. The van der Waals surface area contributed by atoms with Crippen molar-refractivity contribution in [2.24, 2.45) is 11.5 Å². The lowest BCUT2D eigenvalue weighted by molar-refractivity contribution is 0.713. The minimum atomic E-state index is 0.212. The minimum Gasteiger partial charge on any atom is -0.324 e. The van der Waals surface area contributed by atoms with Gasteiger partial charge in [-0.25, -0.2) is 0 Å². The number of fused-ring (bicyclic) bond motifs is 2. The molecule has 0 spiro atoms. The van der Waals surface area contributed by atoms with E-state index in [1.165, 1.54) is 33.4 Å². The lowest BCUT2D eigenvalue weighted by atomic mass is 9.91. The maximum Gasteiger partial charge on any atom is 0.0300 e. The molecule has 20 heavy (non-hydrogen) atoms. The molecule has 0 bridgehead atoms. The first-order chi connectivity index (χ1) is 9.75. The standard InChI is InChI=1S/C18H20N2/c19-17-9-7-13-11(3-1-5-15(13)17)12-4-2-6-16-14(12)8-10-18(16)20/h1-6,17-18H,7-10,19-20H2. The predicted molar refractivity (Wildman–Crippen MR) is 82.4 cm³/mol. The molecule has 2 aliphatic rings. The van der Waals surface area contributed by atoms with Gasteiger partial charge in [-0.05, 0) is 59.1 Å². The highest BCUT2D eigenvalue weighted by Crippen LogP contribution is 2.41. The first kappa shape index (κ1) is 12.1. The fourth-order valence-electron chi connectivity index (χ4n) is 3.88. The Bertz CT molecular complexity index is 616. The molecule has 102 valence electrons. The average Bonchev–Trinajstić information content (AvgIpc) is 3.03. The molecule has 0 saturated heterocycles. The second kappa shape index (κ2) is 4.44. The normalized spacial score (nSPS) is 23.7. The average molecular weight is 264 g/mol. The third-order valence-corrected chi connectivity index (χ3v) is 4.92. The van der Waals surface area contributed by atoms with E-state index in [1.54, 1.807) is 0 Å². The molecule has 2 aromatic carbocycles. The zero-order valence-electron chi connectivity index (χ0n) is 11.6. The van der Waals surface area contributed by atoms with Gasteiger partial charge in [-0.15, -0.1) is 0 Å². The van der Waals surface area contributed by atoms with Crippen molar-refractivity contribution in [3.05, 3.63) is 58.7 Å². The second-order valence-electron chi connectivity index (χ2n) is 6.04. The van der Waals surface area contributed by atoms with E-state index in [9.17, 15) is 0 Å². The molecule has 2 heteroatoms. The summed E-state index contributed by atoms with van der Waals surface area (Å²) in [6, 6.07) is 13.6. The van der Waals surface area contributed by atoms with Crippen molar-refractivity contribution in [1.29, 1.82) is 0 Å². The van der Waals surface area contributed by atoms with Crippen LogP contribution in [0.2, 0.25) is 0 Å². The van der Waals surface area contributed by atoms with Crippen molar-refractivity contribution >= 4 is 0 Å². The molecular formula is C18H20N2. The Kier molecular flexibility index (Phi) is 2.69. The SMILES string of the molecule is NC1CCc2c(-c3cccc4c3CCC4N)cccc21. The third kappa shape index (κ3) is 1.65. The summed E-state index contributed by atoms with van der Waals surface area (Å²) in [5.74, 6) is 0. The molecule has 0 radical (unpaired) electrons. The van der Waals surface area contributed by atoms with Crippen LogP contribution in [0.3, 0.4) is 0 Å². The third-order valence-electron chi connectivity index (χ3n) is 4.92. The summed E-state index contributed by atoms with van der Waals surface area (Å²) < 4.78 is 0. The molecule has 4 N–H and O–H groups in total. The van der Waals surface area contributed by atoms with Gasteiger partial charge in [-0.1, -0.05) is 36.4 Å². The molecule has 2 atom stereocenters. The van der Waals surface area contributed by atoms with Gasteiger partial charge in [0.25, 0.3) is 0 Å². The Hall–Kier alpha value is -1.64. The van der Waals surface area contributed by atoms with Gasteiger partial charge in [0.2, 0.25) is 0 Å². The van der Waals surface area contributed by atoms with E-state index in [4.69, 9.17) is 11.5 Å². The van der Waals surface area contributed by atoms with Gasteiger partial charge in [-0.2, -0.15) is 0 Å². The van der Waals surface area contributed by atoms with Gasteiger partial charge in [0.1, 0.15) is 0 Å². The zero-order chi connectivity index (χ0) is 13.7. The summed E-state index contributed by atoms with van der Waals surface area (Å²) in [6.45, 7) is 0. The molecule has 0 fully saturated rings. The van der Waals surface area contributed by atoms with E-state index >= 15 is 0 Å². The van der Waals surface area contributed by atoms with Crippen LogP contribution >= 0.6 is 0 Å². The molecule has 0 heterocycles. The summed E-state index contributed by atoms with van der Waals surface area (Å²) in [4.78, 5) is 0. The summed E-state index contributed by atoms with van der Waals surface area (Å²) in [6.07, 6.45) is 4.34. The van der Waals surface area contributed by atoms with Crippen molar-refractivity contribution in [2.75, 3.05) is 0 Å². The number of hydrogen-bond acceptors (Lipinski definition) is 2. The largest absolute Gasteiger partial charge is 0.324 e. The van der Waals surface area contributed by atoms with E-state index < -0.39 is 0 Å². The molecule has 0 amide bonds. The first-order valence-corrected chi connectivity index (χ1v) is 7.51. The molecule has 4 rings (SSSR count). The van der Waals surface area contributed by atoms with Gasteiger partial charge in [0, 0.05) is 12.1 Å². The Labute approximate surface area is 119 Å². The lowest BCUT2D eigenvalue weighted by Crippen LogP contribution is -2.05. The van der Waals surface area contributed by atoms with Crippen molar-refractivity contribution < 1.29 is 0 Å². The van der Waals surface area contributed by atoms with Crippen molar-refractivity contribution in [3.8, 4) is 11.1 Å². The summed E-state index contributed by atoms with van der Waals surface area (Å²) in [7, 11) is 0.